The van der Waals surface area contributed by atoms with Gasteiger partial charge in [0.05, 0.1) is 6.42 Å². The summed E-state index contributed by atoms with van der Waals surface area (Å²) in [6, 6.07) is 9.23. The third kappa shape index (κ3) is 3.05. The average molecular weight is 283 g/mol. The van der Waals surface area contributed by atoms with Crippen LogP contribution in [0.25, 0.3) is 0 Å². The molecule has 1 aromatic carbocycles. The van der Waals surface area contributed by atoms with Crippen molar-refractivity contribution >= 4 is 5.78 Å². The third-order valence-electron chi connectivity index (χ3n) is 3.50. The quantitative estimate of drug-likeness (QED) is 0.810. The van der Waals surface area contributed by atoms with E-state index in [1.165, 1.54) is 5.56 Å². The maximum absolute atomic E-state index is 12.3. The number of nitrogens with zero attached hydrogens (tertiary/aromatic N) is 1. The largest absolute Gasteiger partial charge is 0.486 e. The fraction of sp³-hybridized carbons (Fsp3) is 0.294. The summed E-state index contributed by atoms with van der Waals surface area (Å²) in [6.07, 6.45) is 3.07. The molecule has 0 N–H and O–H groups in total. The molecule has 0 fully saturated rings. The smallest absolute Gasteiger partial charge is 0.168 e. The van der Waals surface area contributed by atoms with Crippen LogP contribution < -0.4 is 9.47 Å². The van der Waals surface area contributed by atoms with Crippen LogP contribution in [0.2, 0.25) is 0 Å². The molecule has 0 bridgehead atoms. The molecule has 2 aromatic rings. The molecule has 1 aliphatic rings. The molecule has 0 unspecified atom stereocenters. The van der Waals surface area contributed by atoms with Crippen molar-refractivity contribution in [2.24, 2.45) is 0 Å². The number of fused-ring (bicyclic) bond motifs is 1. The van der Waals surface area contributed by atoms with E-state index in [2.05, 4.69) is 11.9 Å². The molecular weight excluding hydrogens is 266 g/mol. The van der Waals surface area contributed by atoms with Crippen LogP contribution in [0.5, 0.6) is 11.5 Å². The Morgan fingerprint density at radius 1 is 1.14 bits per heavy atom. The molecule has 0 atom stereocenters. The van der Waals surface area contributed by atoms with Crippen molar-refractivity contribution in [1.82, 2.24) is 4.98 Å². The Morgan fingerprint density at radius 2 is 1.95 bits per heavy atom. The van der Waals surface area contributed by atoms with Crippen molar-refractivity contribution in [3.63, 3.8) is 0 Å². The van der Waals surface area contributed by atoms with Crippen LogP contribution in [0.3, 0.4) is 0 Å². The maximum Gasteiger partial charge on any atom is 0.168 e. The number of aromatic nitrogens is 1. The number of rotatable bonds is 4. The molecule has 0 radical (unpaired) electrons. The Bertz CT molecular complexity index is 650. The van der Waals surface area contributed by atoms with E-state index in [1.54, 1.807) is 18.2 Å². The Labute approximate surface area is 123 Å². The third-order valence-corrected chi connectivity index (χ3v) is 3.50. The molecule has 0 spiro atoms. The van der Waals surface area contributed by atoms with Gasteiger partial charge >= 0.3 is 0 Å². The molecule has 4 heteroatoms. The molecule has 1 aromatic heterocycles. The molecule has 0 saturated heterocycles. The first-order valence-corrected chi connectivity index (χ1v) is 7.13. The first kappa shape index (κ1) is 13.6. The van der Waals surface area contributed by atoms with Crippen LogP contribution in [-0.4, -0.2) is 24.0 Å². The van der Waals surface area contributed by atoms with Crippen molar-refractivity contribution in [2.75, 3.05) is 13.2 Å². The van der Waals surface area contributed by atoms with E-state index < -0.39 is 0 Å². The summed E-state index contributed by atoms with van der Waals surface area (Å²) in [5.41, 5.74) is 2.58. The van der Waals surface area contributed by atoms with E-state index in [4.69, 9.17) is 9.47 Å². The van der Waals surface area contributed by atoms with Gasteiger partial charge in [-0.1, -0.05) is 13.0 Å². The van der Waals surface area contributed by atoms with Gasteiger partial charge in [0.2, 0.25) is 0 Å². The number of carbonyl (C=O) groups excluding carboxylic acids is 1. The first-order chi connectivity index (χ1) is 10.3. The molecule has 0 saturated carbocycles. The van der Waals surface area contributed by atoms with Crippen molar-refractivity contribution in [2.45, 2.75) is 19.8 Å². The zero-order chi connectivity index (χ0) is 14.7. The van der Waals surface area contributed by atoms with Crippen LogP contribution in [0.15, 0.2) is 36.5 Å². The molecular formula is C17H17NO3. The fourth-order valence-electron chi connectivity index (χ4n) is 2.25. The summed E-state index contributed by atoms with van der Waals surface area (Å²) in [5.74, 6) is 1.37. The SMILES string of the molecule is CCc1ccc(CC(=O)c2ccc3c(c2)OCCO3)nc1. The molecule has 2 heterocycles. The van der Waals surface area contributed by atoms with E-state index in [1.807, 2.05) is 18.3 Å². The Balaban J connectivity index is 1.75. The second kappa shape index (κ2) is 5.95. The van der Waals surface area contributed by atoms with Gasteiger partial charge in [-0.2, -0.15) is 0 Å². The summed E-state index contributed by atoms with van der Waals surface area (Å²) >= 11 is 0. The van der Waals surface area contributed by atoms with Crippen molar-refractivity contribution in [3.8, 4) is 11.5 Å². The Morgan fingerprint density at radius 3 is 2.67 bits per heavy atom. The lowest BCUT2D eigenvalue weighted by molar-refractivity contribution is 0.0990. The zero-order valence-electron chi connectivity index (χ0n) is 12.0. The highest BCUT2D eigenvalue weighted by molar-refractivity contribution is 5.97. The highest BCUT2D eigenvalue weighted by atomic mass is 16.6. The molecule has 21 heavy (non-hydrogen) atoms. The lowest BCUT2D eigenvalue weighted by atomic mass is 10.0. The molecule has 1 aliphatic heterocycles. The molecule has 3 rings (SSSR count). The van der Waals surface area contributed by atoms with Gasteiger partial charge in [-0.05, 0) is 36.2 Å². The van der Waals surface area contributed by atoms with E-state index >= 15 is 0 Å². The number of ketones is 1. The van der Waals surface area contributed by atoms with Crippen LogP contribution in [-0.2, 0) is 12.8 Å². The van der Waals surface area contributed by atoms with Crippen LogP contribution >= 0.6 is 0 Å². The monoisotopic (exact) mass is 283 g/mol. The number of benzene rings is 1. The predicted molar refractivity (Wildman–Crippen MR) is 79.1 cm³/mol. The average Bonchev–Trinajstić information content (AvgIpc) is 2.55. The number of hydrogen-bond acceptors (Lipinski definition) is 4. The van der Waals surface area contributed by atoms with Gasteiger partial charge in [0.15, 0.2) is 17.3 Å². The van der Waals surface area contributed by atoms with E-state index in [0.717, 1.165) is 12.1 Å². The highest BCUT2D eigenvalue weighted by Crippen LogP contribution is 2.31. The first-order valence-electron chi connectivity index (χ1n) is 7.13. The van der Waals surface area contributed by atoms with Gasteiger partial charge in [0.1, 0.15) is 13.2 Å². The standard InChI is InChI=1S/C17H17NO3/c1-2-12-3-5-14(18-11-12)10-15(19)13-4-6-16-17(9-13)21-8-7-20-16/h3-6,9,11H,2,7-8,10H2,1H3. The lowest BCUT2D eigenvalue weighted by Crippen LogP contribution is -2.16. The number of hydrogen-bond donors (Lipinski definition) is 0. The van der Waals surface area contributed by atoms with Gasteiger partial charge in [-0.3, -0.25) is 9.78 Å². The Hall–Kier alpha value is -2.36. The highest BCUT2D eigenvalue weighted by Gasteiger charge is 2.15. The molecule has 0 aliphatic carbocycles. The minimum atomic E-state index is 0.0312. The summed E-state index contributed by atoms with van der Waals surface area (Å²) in [5, 5.41) is 0. The zero-order valence-corrected chi connectivity index (χ0v) is 12.0. The minimum absolute atomic E-state index is 0.0312. The van der Waals surface area contributed by atoms with Gasteiger partial charge in [0.25, 0.3) is 0 Å². The van der Waals surface area contributed by atoms with E-state index in [9.17, 15) is 4.79 Å². The summed E-state index contributed by atoms with van der Waals surface area (Å²) < 4.78 is 11.0. The molecule has 108 valence electrons. The van der Waals surface area contributed by atoms with E-state index in [0.29, 0.717) is 36.7 Å². The number of aryl methyl sites for hydroxylation is 1. The van der Waals surface area contributed by atoms with Gasteiger partial charge in [-0.15, -0.1) is 0 Å². The normalized spacial score (nSPS) is 13.0. The van der Waals surface area contributed by atoms with Crippen molar-refractivity contribution in [3.05, 3.63) is 53.3 Å². The van der Waals surface area contributed by atoms with Gasteiger partial charge in [-0.25, -0.2) is 0 Å². The topological polar surface area (TPSA) is 48.4 Å². The van der Waals surface area contributed by atoms with Gasteiger partial charge in [0, 0.05) is 17.5 Å². The summed E-state index contributed by atoms with van der Waals surface area (Å²) in [4.78, 5) is 16.6. The van der Waals surface area contributed by atoms with Crippen LogP contribution in [0.1, 0.15) is 28.5 Å². The second-order valence-electron chi connectivity index (χ2n) is 4.97. The number of ether oxygens (including phenoxy) is 2. The number of Topliss-reactive ketones (excluding diaryl/α,β-unsaturated/α-hetero) is 1. The minimum Gasteiger partial charge on any atom is -0.486 e. The summed E-state index contributed by atoms with van der Waals surface area (Å²) in [7, 11) is 0. The predicted octanol–water partition coefficient (Wildman–Crippen LogP) is 2.84. The van der Waals surface area contributed by atoms with Crippen molar-refractivity contribution < 1.29 is 14.3 Å². The lowest BCUT2D eigenvalue weighted by Gasteiger charge is -2.18. The summed E-state index contributed by atoms with van der Waals surface area (Å²) in [6.45, 7) is 3.15. The van der Waals surface area contributed by atoms with Crippen LogP contribution in [0, 0.1) is 0 Å². The molecule has 0 amide bonds. The van der Waals surface area contributed by atoms with Crippen molar-refractivity contribution in [1.29, 1.82) is 0 Å². The number of pyridine rings is 1. The molecule has 4 nitrogen and oxygen atoms in total. The fourth-order valence-corrected chi connectivity index (χ4v) is 2.25. The van der Waals surface area contributed by atoms with E-state index in [-0.39, 0.29) is 5.78 Å². The maximum atomic E-state index is 12.3. The van der Waals surface area contributed by atoms with Gasteiger partial charge < -0.3 is 9.47 Å². The Kier molecular flexibility index (Phi) is 3.86. The second-order valence-corrected chi connectivity index (χ2v) is 4.97. The van der Waals surface area contributed by atoms with Crippen LogP contribution in [0.4, 0.5) is 0 Å². The number of carbonyl (C=O) groups is 1.